The van der Waals surface area contributed by atoms with E-state index in [1.54, 1.807) is 6.07 Å². The molecular weight excluding hydrogens is 505 g/mol. The highest BCUT2D eigenvalue weighted by molar-refractivity contribution is 7.91. The highest BCUT2D eigenvalue weighted by Gasteiger charge is 2.57. The van der Waals surface area contributed by atoms with Crippen LogP contribution in [0.2, 0.25) is 0 Å². The number of hydrogen-bond acceptors (Lipinski definition) is 7. The Bertz CT molecular complexity index is 1320. The summed E-state index contributed by atoms with van der Waals surface area (Å²) < 4.78 is 91.5. The zero-order valence-corrected chi connectivity index (χ0v) is 21.5. The zero-order chi connectivity index (χ0) is 26.4. The fraction of sp³-hybridized carbons (Fsp3) is 0.522. The Morgan fingerprint density at radius 1 is 1.14 bits per heavy atom. The average Bonchev–Trinajstić information content (AvgIpc) is 3.13. The molecule has 2 atom stereocenters. The van der Waals surface area contributed by atoms with Crippen molar-refractivity contribution in [1.82, 2.24) is 4.98 Å². The van der Waals surface area contributed by atoms with Gasteiger partial charge in [0.2, 0.25) is 0 Å². The first kappa shape index (κ1) is 27.4. The molecule has 35 heavy (non-hydrogen) atoms. The second kappa shape index (κ2) is 9.04. The number of benzene rings is 1. The Morgan fingerprint density at radius 3 is 2.34 bits per heavy atom. The second-order valence-electron chi connectivity index (χ2n) is 9.69. The van der Waals surface area contributed by atoms with Crippen LogP contribution in [-0.2, 0) is 31.5 Å². The van der Waals surface area contributed by atoms with E-state index in [4.69, 9.17) is 0 Å². The van der Waals surface area contributed by atoms with Gasteiger partial charge in [-0.2, -0.15) is 13.2 Å². The minimum absolute atomic E-state index is 0.0723. The third-order valence-corrected chi connectivity index (χ3v) is 9.13. The molecule has 0 amide bonds. The van der Waals surface area contributed by atoms with Crippen molar-refractivity contribution in [2.24, 2.45) is 0 Å². The quantitative estimate of drug-likeness (QED) is 0.531. The molecule has 2 N–H and O–H groups in total. The van der Waals surface area contributed by atoms with Crippen LogP contribution in [0, 0.1) is 0 Å². The van der Waals surface area contributed by atoms with Gasteiger partial charge < -0.3 is 10.4 Å². The zero-order valence-electron chi connectivity index (χ0n) is 19.8. The van der Waals surface area contributed by atoms with Crippen molar-refractivity contribution in [2.45, 2.75) is 73.2 Å². The monoisotopic (exact) mass is 534 g/mol. The third-order valence-electron chi connectivity index (χ3n) is 6.35. The van der Waals surface area contributed by atoms with Gasteiger partial charge in [0.15, 0.2) is 30.3 Å². The van der Waals surface area contributed by atoms with E-state index in [0.29, 0.717) is 11.3 Å². The number of aromatic nitrogens is 1. The fourth-order valence-corrected chi connectivity index (χ4v) is 6.52. The second-order valence-corrected chi connectivity index (χ2v) is 13.9. The predicted octanol–water partition coefficient (Wildman–Crippen LogP) is 3.67. The molecule has 0 saturated carbocycles. The van der Waals surface area contributed by atoms with Crippen LogP contribution in [0.3, 0.4) is 0 Å². The molecule has 0 fully saturated rings. The number of sulfone groups is 2. The smallest absolute Gasteiger partial charge is 0.380 e. The normalized spacial score (nSPS) is 18.6. The average molecular weight is 535 g/mol. The highest BCUT2D eigenvalue weighted by Crippen LogP contribution is 2.46. The van der Waals surface area contributed by atoms with Crippen LogP contribution in [-0.4, -0.2) is 56.8 Å². The van der Waals surface area contributed by atoms with Gasteiger partial charge in [-0.3, -0.25) is 0 Å². The molecule has 0 saturated heterocycles. The summed E-state index contributed by atoms with van der Waals surface area (Å²) in [7, 11) is -7.30. The molecule has 194 valence electrons. The van der Waals surface area contributed by atoms with Crippen molar-refractivity contribution >= 4 is 25.4 Å². The summed E-state index contributed by atoms with van der Waals surface area (Å²) >= 11 is 0. The van der Waals surface area contributed by atoms with E-state index in [9.17, 15) is 35.1 Å². The fourth-order valence-electron chi connectivity index (χ4n) is 4.62. The molecule has 3 rings (SSSR count). The standard InChI is InChI=1S/C23H29F3N2O5S2/c1-5-35(32,33)20-11-15-10-16(28-18(15)13-27-20)12-22(29,23(24,25)26)14-21(2,3)17-8-6-7-9-19(17)34(4,30)31/h6-9,11,13,16,28-29H,5,10,12,14H2,1-4H3. The summed E-state index contributed by atoms with van der Waals surface area (Å²) in [6, 6.07) is 6.34. The first-order chi connectivity index (χ1) is 15.9. The maximum atomic E-state index is 14.2. The summed E-state index contributed by atoms with van der Waals surface area (Å²) in [5, 5.41) is 13.7. The summed E-state index contributed by atoms with van der Waals surface area (Å²) in [6.45, 7) is 4.41. The van der Waals surface area contributed by atoms with Crippen LogP contribution in [0.5, 0.6) is 0 Å². The number of aliphatic hydroxyl groups is 1. The van der Waals surface area contributed by atoms with Crippen LogP contribution in [0.15, 0.2) is 46.5 Å². The largest absolute Gasteiger partial charge is 0.417 e. The first-order valence-electron chi connectivity index (χ1n) is 11.0. The van der Waals surface area contributed by atoms with Gasteiger partial charge in [-0.25, -0.2) is 21.8 Å². The van der Waals surface area contributed by atoms with E-state index < -0.39 is 55.8 Å². The van der Waals surface area contributed by atoms with Gasteiger partial charge in [-0.15, -0.1) is 0 Å². The van der Waals surface area contributed by atoms with E-state index in [-0.39, 0.29) is 27.7 Å². The Balaban J connectivity index is 1.91. The number of nitrogens with one attached hydrogen (secondary N) is 1. The van der Waals surface area contributed by atoms with Gasteiger partial charge in [0.05, 0.1) is 22.5 Å². The van der Waals surface area contributed by atoms with Crippen LogP contribution < -0.4 is 5.32 Å². The maximum Gasteiger partial charge on any atom is 0.417 e. The predicted molar refractivity (Wildman–Crippen MR) is 126 cm³/mol. The van der Waals surface area contributed by atoms with Gasteiger partial charge in [0, 0.05) is 18.7 Å². The van der Waals surface area contributed by atoms with Crippen LogP contribution in [0.25, 0.3) is 0 Å². The van der Waals surface area contributed by atoms with Gasteiger partial charge in [-0.05, 0) is 41.5 Å². The Hall–Kier alpha value is -2.18. The van der Waals surface area contributed by atoms with E-state index >= 15 is 0 Å². The van der Waals surface area contributed by atoms with Crippen molar-refractivity contribution in [3.63, 3.8) is 0 Å². The topological polar surface area (TPSA) is 113 Å². The molecule has 1 aliphatic heterocycles. The molecule has 1 aromatic heterocycles. The summed E-state index contributed by atoms with van der Waals surface area (Å²) in [5.74, 6) is -0.159. The molecule has 0 radical (unpaired) electrons. The van der Waals surface area contributed by atoms with Crippen molar-refractivity contribution < 1.29 is 35.1 Å². The Kier molecular flexibility index (Phi) is 7.08. The Morgan fingerprint density at radius 2 is 1.77 bits per heavy atom. The molecule has 12 heteroatoms. The molecule has 1 aromatic carbocycles. The minimum Gasteiger partial charge on any atom is -0.380 e. The summed E-state index contributed by atoms with van der Waals surface area (Å²) in [4.78, 5) is 3.83. The van der Waals surface area contributed by atoms with Gasteiger partial charge in [0.1, 0.15) is 0 Å². The van der Waals surface area contributed by atoms with Crippen LogP contribution in [0.4, 0.5) is 18.9 Å². The van der Waals surface area contributed by atoms with Crippen LogP contribution in [0.1, 0.15) is 44.7 Å². The lowest BCUT2D eigenvalue weighted by atomic mass is 9.73. The van der Waals surface area contributed by atoms with E-state index in [1.165, 1.54) is 51.2 Å². The minimum atomic E-state index is -5.00. The third kappa shape index (κ3) is 5.64. The molecule has 2 heterocycles. The van der Waals surface area contributed by atoms with E-state index in [0.717, 1.165) is 6.26 Å². The molecule has 0 spiro atoms. The lowest BCUT2D eigenvalue weighted by Crippen LogP contribution is -2.52. The van der Waals surface area contributed by atoms with Crippen molar-refractivity contribution in [3.8, 4) is 0 Å². The number of hydrogen-bond donors (Lipinski definition) is 2. The van der Waals surface area contributed by atoms with E-state index in [1.807, 2.05) is 0 Å². The van der Waals surface area contributed by atoms with Gasteiger partial charge in [0.25, 0.3) is 0 Å². The molecule has 7 nitrogen and oxygen atoms in total. The van der Waals surface area contributed by atoms with Crippen molar-refractivity contribution in [2.75, 3.05) is 17.3 Å². The van der Waals surface area contributed by atoms with Crippen molar-refractivity contribution in [3.05, 3.63) is 47.7 Å². The lowest BCUT2D eigenvalue weighted by Gasteiger charge is -2.39. The molecule has 2 aromatic rings. The van der Waals surface area contributed by atoms with Crippen molar-refractivity contribution in [1.29, 1.82) is 0 Å². The molecule has 0 bridgehead atoms. The number of fused-ring (bicyclic) bond motifs is 1. The summed E-state index contributed by atoms with van der Waals surface area (Å²) in [6.07, 6.45) is -4.17. The van der Waals surface area contributed by atoms with Gasteiger partial charge in [-0.1, -0.05) is 39.0 Å². The first-order valence-corrected chi connectivity index (χ1v) is 14.5. The number of rotatable bonds is 8. The van der Waals surface area contributed by atoms with Crippen LogP contribution >= 0.6 is 0 Å². The lowest BCUT2D eigenvalue weighted by molar-refractivity contribution is -0.270. The van der Waals surface area contributed by atoms with E-state index in [2.05, 4.69) is 10.3 Å². The number of nitrogens with zero attached hydrogens (tertiary/aromatic N) is 1. The molecular formula is C23H29F3N2O5S2. The SMILES string of the molecule is CCS(=O)(=O)c1cc2c(cn1)NC(CC(O)(CC(C)(C)c1ccccc1S(C)(=O)=O)C(F)(F)F)C2. The maximum absolute atomic E-state index is 14.2. The number of pyridine rings is 1. The highest BCUT2D eigenvalue weighted by atomic mass is 32.2. The summed E-state index contributed by atoms with van der Waals surface area (Å²) in [5.41, 5.74) is -3.39. The Labute approximate surface area is 203 Å². The van der Waals surface area contributed by atoms with Gasteiger partial charge >= 0.3 is 6.18 Å². The number of alkyl halides is 3. The molecule has 1 aliphatic rings. The number of halogens is 3. The molecule has 0 aliphatic carbocycles. The number of anilines is 1. The molecule has 2 unspecified atom stereocenters.